The van der Waals surface area contributed by atoms with Crippen LogP contribution in [0.5, 0.6) is 5.75 Å². The summed E-state index contributed by atoms with van der Waals surface area (Å²) in [4.78, 5) is 26.0. The molecule has 2 aliphatic rings. The first-order chi connectivity index (χ1) is 13.0. The fourth-order valence-electron chi connectivity index (χ4n) is 4.05. The van der Waals surface area contributed by atoms with E-state index in [9.17, 15) is 9.59 Å². The number of benzene rings is 1. The Bertz CT molecular complexity index is 965. The second-order valence-electron chi connectivity index (χ2n) is 7.15. The number of anilines is 2. The standard InChI is InChI=1S/C19H21N3O3S2/c1-10-7-8-13-11(9-10)17(23)21-16-15(27-19(26)22(13)16)18(24)20-12-5-3-4-6-14(12)25-2/h3-6,10-11,13H,7-9H2,1-2H3,(H,20,24)(H,21,23). The summed E-state index contributed by atoms with van der Waals surface area (Å²) in [6.07, 6.45) is 2.83. The summed E-state index contributed by atoms with van der Waals surface area (Å²) in [5, 5.41) is 5.81. The van der Waals surface area contributed by atoms with Crippen molar-refractivity contribution in [1.29, 1.82) is 0 Å². The maximum Gasteiger partial charge on any atom is 0.269 e. The number of aromatic nitrogens is 1. The summed E-state index contributed by atoms with van der Waals surface area (Å²) in [7, 11) is 1.56. The van der Waals surface area contributed by atoms with Crippen LogP contribution in [0.3, 0.4) is 0 Å². The predicted octanol–water partition coefficient (Wildman–Crippen LogP) is 4.47. The van der Waals surface area contributed by atoms with Crippen molar-refractivity contribution in [1.82, 2.24) is 4.57 Å². The van der Waals surface area contributed by atoms with Crippen LogP contribution in [0.25, 0.3) is 0 Å². The molecule has 1 fully saturated rings. The molecule has 2 aromatic rings. The van der Waals surface area contributed by atoms with E-state index < -0.39 is 0 Å². The fourth-order valence-corrected chi connectivity index (χ4v) is 5.42. The van der Waals surface area contributed by atoms with Crippen LogP contribution in [-0.2, 0) is 4.79 Å². The predicted molar refractivity (Wildman–Crippen MR) is 108 cm³/mol. The Balaban J connectivity index is 1.69. The molecule has 1 saturated carbocycles. The summed E-state index contributed by atoms with van der Waals surface area (Å²) in [6.45, 7) is 2.18. The van der Waals surface area contributed by atoms with Crippen LogP contribution in [0.2, 0.25) is 0 Å². The number of fused-ring (bicyclic) bond motifs is 3. The van der Waals surface area contributed by atoms with Gasteiger partial charge in [0, 0.05) is 6.04 Å². The lowest BCUT2D eigenvalue weighted by atomic mass is 9.77. The molecule has 0 bridgehead atoms. The van der Waals surface area contributed by atoms with Crippen molar-refractivity contribution in [2.45, 2.75) is 32.2 Å². The van der Waals surface area contributed by atoms with E-state index >= 15 is 0 Å². The number of para-hydroxylation sites is 2. The Morgan fingerprint density at radius 2 is 2.15 bits per heavy atom. The summed E-state index contributed by atoms with van der Waals surface area (Å²) < 4.78 is 7.90. The Hall–Kier alpha value is -2.19. The number of carbonyl (C=O) groups is 2. The van der Waals surface area contributed by atoms with Gasteiger partial charge in [-0.1, -0.05) is 30.4 Å². The van der Waals surface area contributed by atoms with Gasteiger partial charge in [0.1, 0.15) is 16.4 Å². The van der Waals surface area contributed by atoms with Gasteiger partial charge in [-0.25, -0.2) is 0 Å². The molecule has 8 heteroatoms. The lowest BCUT2D eigenvalue weighted by molar-refractivity contribution is -0.123. The highest BCUT2D eigenvalue weighted by Crippen LogP contribution is 2.45. The van der Waals surface area contributed by atoms with Gasteiger partial charge in [-0.3, -0.25) is 9.59 Å². The molecule has 3 atom stereocenters. The second kappa shape index (κ2) is 7.09. The molecule has 142 valence electrons. The van der Waals surface area contributed by atoms with Gasteiger partial charge in [-0.05, 0) is 49.5 Å². The zero-order chi connectivity index (χ0) is 19.1. The number of ether oxygens (including phenoxy) is 1. The highest BCUT2D eigenvalue weighted by Gasteiger charge is 2.41. The Morgan fingerprint density at radius 1 is 1.37 bits per heavy atom. The number of amides is 2. The first-order valence-corrected chi connectivity index (χ1v) is 10.2. The highest BCUT2D eigenvalue weighted by molar-refractivity contribution is 7.73. The van der Waals surface area contributed by atoms with E-state index in [-0.39, 0.29) is 23.8 Å². The maximum atomic E-state index is 12.9. The van der Waals surface area contributed by atoms with Gasteiger partial charge >= 0.3 is 0 Å². The molecule has 2 N–H and O–H groups in total. The third-order valence-electron chi connectivity index (χ3n) is 5.39. The second-order valence-corrected chi connectivity index (χ2v) is 8.80. The minimum absolute atomic E-state index is 0.00862. The summed E-state index contributed by atoms with van der Waals surface area (Å²) in [5.74, 6) is 1.25. The summed E-state index contributed by atoms with van der Waals surface area (Å²) >= 11 is 6.79. The molecule has 1 aliphatic heterocycles. The smallest absolute Gasteiger partial charge is 0.269 e. The quantitative estimate of drug-likeness (QED) is 0.742. The molecule has 2 heterocycles. The number of hydrogen-bond acceptors (Lipinski definition) is 5. The fraction of sp³-hybridized carbons (Fsp3) is 0.421. The molecule has 1 aromatic carbocycles. The van der Waals surface area contributed by atoms with E-state index in [0.717, 1.165) is 19.3 Å². The molecule has 6 nitrogen and oxygen atoms in total. The number of carbonyl (C=O) groups excluding carboxylic acids is 2. The van der Waals surface area contributed by atoms with Gasteiger partial charge in [-0.15, -0.1) is 0 Å². The van der Waals surface area contributed by atoms with Crippen LogP contribution in [0.15, 0.2) is 24.3 Å². The SMILES string of the molecule is COc1ccccc1NC(=O)c1sc(=S)n2c1NC(=O)C1CC(C)CCC12. The number of rotatable bonds is 3. The minimum atomic E-state index is -0.299. The van der Waals surface area contributed by atoms with Crippen LogP contribution in [0.4, 0.5) is 11.5 Å². The van der Waals surface area contributed by atoms with Crippen LogP contribution in [-0.4, -0.2) is 23.5 Å². The van der Waals surface area contributed by atoms with Crippen LogP contribution < -0.4 is 15.4 Å². The van der Waals surface area contributed by atoms with E-state index in [1.807, 2.05) is 16.7 Å². The molecular weight excluding hydrogens is 382 g/mol. The molecule has 0 spiro atoms. The first-order valence-electron chi connectivity index (χ1n) is 9.00. The van der Waals surface area contributed by atoms with Crippen LogP contribution in [0.1, 0.15) is 41.9 Å². The molecule has 2 amide bonds. The molecule has 27 heavy (non-hydrogen) atoms. The Morgan fingerprint density at radius 3 is 2.93 bits per heavy atom. The summed E-state index contributed by atoms with van der Waals surface area (Å²) in [5.41, 5.74) is 0.578. The minimum Gasteiger partial charge on any atom is -0.495 e. The lowest BCUT2D eigenvalue weighted by Crippen LogP contribution is -2.41. The van der Waals surface area contributed by atoms with E-state index in [1.165, 1.54) is 11.3 Å². The van der Waals surface area contributed by atoms with Crippen LogP contribution in [0, 0.1) is 15.8 Å². The van der Waals surface area contributed by atoms with Crippen molar-refractivity contribution in [2.75, 3.05) is 17.7 Å². The lowest BCUT2D eigenvalue weighted by Gasteiger charge is -2.39. The molecule has 3 unspecified atom stereocenters. The van der Waals surface area contributed by atoms with Crippen LogP contribution >= 0.6 is 23.6 Å². The Kier molecular flexibility index (Phi) is 4.77. The molecule has 1 aromatic heterocycles. The molecule has 4 rings (SSSR count). The largest absolute Gasteiger partial charge is 0.495 e. The summed E-state index contributed by atoms with van der Waals surface area (Å²) in [6, 6.07) is 7.26. The maximum absolute atomic E-state index is 12.9. The van der Waals surface area contributed by atoms with Gasteiger partial charge in [-0.2, -0.15) is 0 Å². The van der Waals surface area contributed by atoms with Crippen molar-refractivity contribution in [3.05, 3.63) is 33.1 Å². The number of nitrogens with zero attached hydrogens (tertiary/aromatic N) is 1. The number of thiazole rings is 1. The third kappa shape index (κ3) is 3.17. The van der Waals surface area contributed by atoms with Crippen molar-refractivity contribution in [2.24, 2.45) is 11.8 Å². The van der Waals surface area contributed by atoms with Gasteiger partial charge in [0.15, 0.2) is 3.95 Å². The van der Waals surface area contributed by atoms with Gasteiger partial charge in [0.25, 0.3) is 5.91 Å². The zero-order valence-corrected chi connectivity index (χ0v) is 16.8. The van der Waals surface area contributed by atoms with E-state index in [1.54, 1.807) is 19.2 Å². The van der Waals surface area contributed by atoms with Crippen molar-refractivity contribution < 1.29 is 14.3 Å². The van der Waals surface area contributed by atoms with Gasteiger partial charge in [0.2, 0.25) is 5.91 Å². The average Bonchev–Trinajstić information content (AvgIpc) is 2.99. The van der Waals surface area contributed by atoms with Crippen molar-refractivity contribution in [3.63, 3.8) is 0 Å². The zero-order valence-electron chi connectivity index (χ0n) is 15.2. The van der Waals surface area contributed by atoms with E-state index in [4.69, 9.17) is 17.0 Å². The van der Waals surface area contributed by atoms with E-state index in [0.29, 0.717) is 32.0 Å². The highest BCUT2D eigenvalue weighted by atomic mass is 32.1. The van der Waals surface area contributed by atoms with Crippen molar-refractivity contribution >= 4 is 46.9 Å². The normalized spacial score (nSPS) is 23.8. The molecule has 0 radical (unpaired) electrons. The third-order valence-corrected chi connectivity index (χ3v) is 6.79. The molecular formula is C19H21N3O3S2. The van der Waals surface area contributed by atoms with Gasteiger partial charge < -0.3 is 19.9 Å². The van der Waals surface area contributed by atoms with Crippen molar-refractivity contribution in [3.8, 4) is 5.75 Å². The number of nitrogens with one attached hydrogen (secondary N) is 2. The molecule has 0 saturated heterocycles. The van der Waals surface area contributed by atoms with Gasteiger partial charge in [0.05, 0.1) is 18.7 Å². The first kappa shape index (κ1) is 18.2. The Labute approximate surface area is 166 Å². The number of hydrogen-bond donors (Lipinski definition) is 2. The topological polar surface area (TPSA) is 72.4 Å². The number of methoxy groups -OCH3 is 1. The van der Waals surface area contributed by atoms with E-state index in [2.05, 4.69) is 17.6 Å². The monoisotopic (exact) mass is 403 g/mol. The average molecular weight is 404 g/mol. The molecule has 1 aliphatic carbocycles.